The van der Waals surface area contributed by atoms with Crippen LogP contribution < -0.4 is 15.4 Å². The Morgan fingerprint density at radius 1 is 1.30 bits per heavy atom. The number of hydrogen-bond donors (Lipinski definition) is 2. The number of amides is 1. The third kappa shape index (κ3) is 6.08. The van der Waals surface area contributed by atoms with Gasteiger partial charge in [0.05, 0.1) is 13.0 Å². The van der Waals surface area contributed by atoms with E-state index in [4.69, 9.17) is 4.74 Å². The Morgan fingerprint density at radius 2 is 2.10 bits per heavy atom. The second-order valence-corrected chi connectivity index (χ2v) is 4.50. The van der Waals surface area contributed by atoms with E-state index in [2.05, 4.69) is 16.7 Å². The predicted molar refractivity (Wildman–Crippen MR) is 82.4 cm³/mol. The van der Waals surface area contributed by atoms with Gasteiger partial charge in [-0.1, -0.05) is 29.8 Å². The number of ether oxygens (including phenoxy) is 1. The van der Waals surface area contributed by atoms with Crippen molar-refractivity contribution in [1.82, 2.24) is 10.6 Å². The number of halogens is 1. The number of benzene rings is 1. The highest BCUT2D eigenvalue weighted by Crippen LogP contribution is 2.08. The van der Waals surface area contributed by atoms with Crippen molar-refractivity contribution in [3.63, 3.8) is 0 Å². The zero-order valence-electron chi connectivity index (χ0n) is 11.4. The Balaban J connectivity index is 0.00000200. The fourth-order valence-electron chi connectivity index (χ4n) is 1.91. The highest BCUT2D eigenvalue weighted by molar-refractivity contribution is 5.85. The molecule has 0 saturated heterocycles. The summed E-state index contributed by atoms with van der Waals surface area (Å²) in [5.41, 5.74) is 1.30. The molecule has 2 N–H and O–H groups in total. The fourth-order valence-corrected chi connectivity index (χ4v) is 1.91. The molecule has 1 aromatic rings. The van der Waals surface area contributed by atoms with Crippen LogP contribution in [0.5, 0.6) is 5.75 Å². The van der Waals surface area contributed by atoms with Gasteiger partial charge in [-0.05, 0) is 25.1 Å². The van der Waals surface area contributed by atoms with E-state index in [1.165, 1.54) is 5.57 Å². The summed E-state index contributed by atoms with van der Waals surface area (Å²) in [5, 5.41) is 6.17. The van der Waals surface area contributed by atoms with Gasteiger partial charge < -0.3 is 15.4 Å². The van der Waals surface area contributed by atoms with Crippen molar-refractivity contribution in [1.29, 1.82) is 0 Å². The summed E-state index contributed by atoms with van der Waals surface area (Å²) in [5.74, 6) is 0.840. The van der Waals surface area contributed by atoms with Gasteiger partial charge in [0.25, 0.3) is 0 Å². The summed E-state index contributed by atoms with van der Waals surface area (Å²) in [4.78, 5) is 11.6. The Kier molecular flexibility index (Phi) is 7.77. The molecule has 1 heterocycles. The van der Waals surface area contributed by atoms with Crippen molar-refractivity contribution in [2.24, 2.45) is 0 Å². The Bertz CT molecular complexity index is 435. The van der Waals surface area contributed by atoms with Crippen molar-refractivity contribution in [3.8, 4) is 5.75 Å². The number of carbonyl (C=O) groups is 1. The fraction of sp³-hybridized carbons (Fsp3) is 0.400. The lowest BCUT2D eigenvalue weighted by Crippen LogP contribution is -2.30. The van der Waals surface area contributed by atoms with E-state index in [-0.39, 0.29) is 18.3 Å². The van der Waals surface area contributed by atoms with Crippen LogP contribution in [0.3, 0.4) is 0 Å². The quantitative estimate of drug-likeness (QED) is 0.789. The first-order valence-electron chi connectivity index (χ1n) is 6.68. The molecule has 2 rings (SSSR count). The molecule has 1 amide bonds. The topological polar surface area (TPSA) is 50.4 Å². The number of rotatable bonds is 6. The number of nitrogens with one attached hydrogen (secondary N) is 2. The molecule has 110 valence electrons. The summed E-state index contributed by atoms with van der Waals surface area (Å²) < 4.78 is 5.48. The lowest BCUT2D eigenvalue weighted by Gasteiger charge is -2.14. The number of para-hydroxylation sites is 1. The molecule has 0 radical (unpaired) electrons. The third-order valence-corrected chi connectivity index (χ3v) is 3.01. The van der Waals surface area contributed by atoms with Crippen LogP contribution >= 0.6 is 12.4 Å². The molecule has 0 spiro atoms. The highest BCUT2D eigenvalue weighted by atomic mass is 35.5. The molecule has 0 aliphatic carbocycles. The van der Waals surface area contributed by atoms with E-state index < -0.39 is 0 Å². The van der Waals surface area contributed by atoms with Crippen LogP contribution in [0.2, 0.25) is 0 Å². The lowest BCUT2D eigenvalue weighted by molar-refractivity contribution is -0.121. The molecule has 0 saturated carbocycles. The van der Waals surface area contributed by atoms with Crippen LogP contribution in [0, 0.1) is 0 Å². The minimum absolute atomic E-state index is 0. The van der Waals surface area contributed by atoms with Gasteiger partial charge in [0.15, 0.2) is 0 Å². The van der Waals surface area contributed by atoms with E-state index >= 15 is 0 Å². The van der Waals surface area contributed by atoms with E-state index in [1.54, 1.807) is 0 Å². The SMILES string of the molecule is Cl.O=C(CCOc1ccccc1)NCC1=CCNCC1. The van der Waals surface area contributed by atoms with Gasteiger partial charge in [0, 0.05) is 13.1 Å². The van der Waals surface area contributed by atoms with Gasteiger partial charge in [-0.2, -0.15) is 0 Å². The van der Waals surface area contributed by atoms with Gasteiger partial charge in [-0.3, -0.25) is 4.79 Å². The number of carbonyl (C=O) groups excluding carboxylic acids is 1. The first-order chi connectivity index (χ1) is 9.34. The highest BCUT2D eigenvalue weighted by Gasteiger charge is 2.05. The zero-order chi connectivity index (χ0) is 13.3. The molecule has 4 nitrogen and oxygen atoms in total. The predicted octanol–water partition coefficient (Wildman–Crippen LogP) is 1.91. The third-order valence-electron chi connectivity index (χ3n) is 3.01. The normalized spacial score (nSPS) is 13.9. The minimum Gasteiger partial charge on any atom is -0.493 e. The molecule has 0 unspecified atom stereocenters. The molecule has 1 aliphatic rings. The molecular weight excluding hydrogens is 276 g/mol. The summed E-state index contributed by atoms with van der Waals surface area (Å²) in [7, 11) is 0. The Morgan fingerprint density at radius 3 is 2.80 bits per heavy atom. The molecule has 0 aromatic heterocycles. The largest absolute Gasteiger partial charge is 0.493 e. The average molecular weight is 297 g/mol. The maximum atomic E-state index is 11.6. The molecule has 0 fully saturated rings. The van der Waals surface area contributed by atoms with E-state index in [9.17, 15) is 4.79 Å². The van der Waals surface area contributed by atoms with Crippen LogP contribution in [0.15, 0.2) is 42.0 Å². The van der Waals surface area contributed by atoms with Crippen molar-refractivity contribution < 1.29 is 9.53 Å². The van der Waals surface area contributed by atoms with Crippen molar-refractivity contribution in [2.45, 2.75) is 12.8 Å². The van der Waals surface area contributed by atoms with Crippen molar-refractivity contribution in [3.05, 3.63) is 42.0 Å². The first-order valence-corrected chi connectivity index (χ1v) is 6.68. The summed E-state index contributed by atoms with van der Waals surface area (Å²) in [6.45, 7) is 2.98. The average Bonchev–Trinajstić information content (AvgIpc) is 2.47. The van der Waals surface area contributed by atoms with Crippen LogP contribution in [-0.4, -0.2) is 32.1 Å². The van der Waals surface area contributed by atoms with Gasteiger partial charge in [-0.25, -0.2) is 0 Å². The lowest BCUT2D eigenvalue weighted by atomic mass is 10.1. The van der Waals surface area contributed by atoms with Crippen LogP contribution in [0.4, 0.5) is 0 Å². The monoisotopic (exact) mass is 296 g/mol. The molecule has 1 aliphatic heterocycles. The molecule has 0 bridgehead atoms. The maximum absolute atomic E-state index is 11.6. The Hall–Kier alpha value is -1.52. The maximum Gasteiger partial charge on any atom is 0.223 e. The molecule has 0 atom stereocenters. The Labute approximate surface area is 126 Å². The van der Waals surface area contributed by atoms with Crippen LogP contribution in [-0.2, 0) is 4.79 Å². The second kappa shape index (κ2) is 9.39. The van der Waals surface area contributed by atoms with Gasteiger partial charge in [0.1, 0.15) is 5.75 Å². The minimum atomic E-state index is 0. The molecule has 5 heteroatoms. The van der Waals surface area contributed by atoms with E-state index in [1.807, 2.05) is 30.3 Å². The summed E-state index contributed by atoms with van der Waals surface area (Å²) >= 11 is 0. The van der Waals surface area contributed by atoms with Gasteiger partial charge in [-0.15, -0.1) is 12.4 Å². The van der Waals surface area contributed by atoms with E-state index in [0.29, 0.717) is 19.6 Å². The van der Waals surface area contributed by atoms with Crippen LogP contribution in [0.1, 0.15) is 12.8 Å². The standard InChI is InChI=1S/C15H20N2O2.ClH/c18-15(17-12-13-6-9-16-10-7-13)8-11-19-14-4-2-1-3-5-14;/h1-6,16H,7-12H2,(H,17,18);1H. The molecule has 1 aromatic carbocycles. The smallest absolute Gasteiger partial charge is 0.223 e. The van der Waals surface area contributed by atoms with Gasteiger partial charge in [0.2, 0.25) is 5.91 Å². The van der Waals surface area contributed by atoms with Gasteiger partial charge >= 0.3 is 0 Å². The van der Waals surface area contributed by atoms with Crippen LogP contribution in [0.25, 0.3) is 0 Å². The summed E-state index contributed by atoms with van der Waals surface area (Å²) in [6, 6.07) is 9.54. The number of hydrogen-bond acceptors (Lipinski definition) is 3. The van der Waals surface area contributed by atoms with E-state index in [0.717, 1.165) is 25.3 Å². The second-order valence-electron chi connectivity index (χ2n) is 4.50. The zero-order valence-corrected chi connectivity index (χ0v) is 12.2. The molecule has 20 heavy (non-hydrogen) atoms. The first kappa shape index (κ1) is 16.5. The van der Waals surface area contributed by atoms with Crippen molar-refractivity contribution >= 4 is 18.3 Å². The summed E-state index contributed by atoms with van der Waals surface area (Å²) in [6.07, 6.45) is 3.55. The van der Waals surface area contributed by atoms with Crippen molar-refractivity contribution in [2.75, 3.05) is 26.2 Å². The molecular formula is C15H21ClN2O2.